The smallest absolute Gasteiger partial charge is 0.263 e. The van der Waals surface area contributed by atoms with Crippen LogP contribution in [-0.2, 0) is 11.3 Å². The quantitative estimate of drug-likeness (QED) is 0.600. The summed E-state index contributed by atoms with van der Waals surface area (Å²) in [6.45, 7) is 2.59. The second kappa shape index (κ2) is 8.67. The lowest BCUT2D eigenvalue weighted by Crippen LogP contribution is -2.48. The summed E-state index contributed by atoms with van der Waals surface area (Å²) in [6, 6.07) is 22.7. The third-order valence-electron chi connectivity index (χ3n) is 6.50. The Morgan fingerprint density at radius 2 is 1.68 bits per heavy atom. The van der Waals surface area contributed by atoms with Gasteiger partial charge in [-0.25, -0.2) is 0 Å². The van der Waals surface area contributed by atoms with Gasteiger partial charge in [0.15, 0.2) is 0 Å². The van der Waals surface area contributed by atoms with Gasteiger partial charge in [0.05, 0.1) is 10.8 Å². The Hall–Kier alpha value is -2.92. The maximum absolute atomic E-state index is 13.6. The minimum atomic E-state index is -0.126. The number of likely N-dealkylation sites (tertiary alicyclic amines) is 1. The van der Waals surface area contributed by atoms with Crippen LogP contribution in [0.2, 0.25) is 0 Å². The molecule has 2 atom stereocenters. The van der Waals surface area contributed by atoms with Gasteiger partial charge < -0.3 is 9.80 Å². The standard InChI is InChI=1S/C26H26N2O2S/c29-25(21-11-6-14-27(17-21)26(30)24-13-7-15-31-24)28-16-20-10-4-5-12-22(20)23(18-28)19-8-2-1-3-9-19/h1-5,7-10,12-13,15,21,23H,6,11,14,16-18H2/t21-,23+/m1/s1. The van der Waals surface area contributed by atoms with Crippen molar-refractivity contribution in [2.75, 3.05) is 19.6 Å². The van der Waals surface area contributed by atoms with Crippen LogP contribution < -0.4 is 0 Å². The molecule has 2 aliphatic heterocycles. The topological polar surface area (TPSA) is 40.6 Å². The minimum Gasteiger partial charge on any atom is -0.337 e. The summed E-state index contributed by atoms with van der Waals surface area (Å²) in [6.07, 6.45) is 1.72. The highest BCUT2D eigenvalue weighted by Crippen LogP contribution is 2.34. The molecule has 1 aromatic heterocycles. The average molecular weight is 431 g/mol. The first kappa shape index (κ1) is 20.0. The number of nitrogens with zero attached hydrogens (tertiary/aromatic N) is 2. The molecule has 0 saturated carbocycles. The van der Waals surface area contributed by atoms with Gasteiger partial charge in [-0.05, 0) is 41.0 Å². The molecule has 2 amide bonds. The molecule has 0 unspecified atom stereocenters. The van der Waals surface area contributed by atoms with Crippen molar-refractivity contribution >= 4 is 23.2 Å². The van der Waals surface area contributed by atoms with Gasteiger partial charge in [-0.15, -0.1) is 11.3 Å². The van der Waals surface area contributed by atoms with E-state index in [1.807, 2.05) is 33.4 Å². The van der Waals surface area contributed by atoms with E-state index in [0.29, 0.717) is 19.6 Å². The molecule has 0 aliphatic carbocycles. The van der Waals surface area contributed by atoms with Gasteiger partial charge in [-0.3, -0.25) is 9.59 Å². The first-order valence-corrected chi connectivity index (χ1v) is 11.8. The number of fused-ring (bicyclic) bond motifs is 1. The molecule has 4 nitrogen and oxygen atoms in total. The third-order valence-corrected chi connectivity index (χ3v) is 7.36. The van der Waals surface area contributed by atoms with Gasteiger partial charge >= 0.3 is 0 Å². The fourth-order valence-electron chi connectivity index (χ4n) is 4.92. The molecule has 3 heterocycles. The summed E-state index contributed by atoms with van der Waals surface area (Å²) in [5, 5.41) is 1.93. The van der Waals surface area contributed by atoms with E-state index in [9.17, 15) is 9.59 Å². The summed E-state index contributed by atoms with van der Waals surface area (Å²) < 4.78 is 0. The van der Waals surface area contributed by atoms with E-state index >= 15 is 0 Å². The average Bonchev–Trinajstić information content (AvgIpc) is 3.38. The molecule has 2 aromatic carbocycles. The number of carbonyl (C=O) groups is 2. The van der Waals surface area contributed by atoms with Crippen molar-refractivity contribution in [3.63, 3.8) is 0 Å². The van der Waals surface area contributed by atoms with E-state index in [-0.39, 0.29) is 23.7 Å². The van der Waals surface area contributed by atoms with Crippen LogP contribution in [-0.4, -0.2) is 41.2 Å². The first-order chi connectivity index (χ1) is 15.2. The van der Waals surface area contributed by atoms with E-state index in [1.54, 1.807) is 0 Å². The summed E-state index contributed by atoms with van der Waals surface area (Å²) in [7, 11) is 0. The summed E-state index contributed by atoms with van der Waals surface area (Å²) >= 11 is 1.47. The molecule has 0 N–H and O–H groups in total. The number of hydrogen-bond donors (Lipinski definition) is 0. The van der Waals surface area contributed by atoms with Crippen LogP contribution in [0, 0.1) is 5.92 Å². The maximum Gasteiger partial charge on any atom is 0.263 e. The zero-order valence-corrected chi connectivity index (χ0v) is 18.3. The molecular formula is C26H26N2O2S. The highest BCUT2D eigenvalue weighted by atomic mass is 32.1. The Bertz CT molecular complexity index is 1060. The Balaban J connectivity index is 1.36. The SMILES string of the molecule is O=C(c1cccs1)N1CCC[C@@H](C(=O)N2Cc3ccccc3[C@H](c3ccccc3)C2)C1. The van der Waals surface area contributed by atoms with Gasteiger partial charge in [0.1, 0.15) is 0 Å². The number of rotatable bonds is 3. The zero-order chi connectivity index (χ0) is 21.2. The van der Waals surface area contributed by atoms with Crippen molar-refractivity contribution in [1.82, 2.24) is 9.80 Å². The zero-order valence-electron chi connectivity index (χ0n) is 17.4. The minimum absolute atomic E-state index is 0.0543. The van der Waals surface area contributed by atoms with Crippen molar-refractivity contribution in [2.24, 2.45) is 5.92 Å². The molecular weight excluding hydrogens is 404 g/mol. The summed E-state index contributed by atoms with van der Waals surface area (Å²) in [4.78, 5) is 31.0. The van der Waals surface area contributed by atoms with Crippen molar-refractivity contribution < 1.29 is 9.59 Å². The van der Waals surface area contributed by atoms with Gasteiger partial charge in [0.2, 0.25) is 5.91 Å². The number of benzene rings is 2. The van der Waals surface area contributed by atoms with Crippen LogP contribution >= 0.6 is 11.3 Å². The number of piperidine rings is 1. The maximum atomic E-state index is 13.6. The molecule has 0 spiro atoms. The normalized spacial score (nSPS) is 20.9. The number of hydrogen-bond acceptors (Lipinski definition) is 3. The van der Waals surface area contributed by atoms with E-state index in [4.69, 9.17) is 0 Å². The summed E-state index contributed by atoms with van der Waals surface area (Å²) in [5.74, 6) is 0.291. The number of thiophene rings is 1. The van der Waals surface area contributed by atoms with Gasteiger partial charge in [0.25, 0.3) is 5.91 Å². The van der Waals surface area contributed by atoms with Crippen molar-refractivity contribution in [2.45, 2.75) is 25.3 Å². The Morgan fingerprint density at radius 1 is 0.871 bits per heavy atom. The molecule has 1 fully saturated rings. The van der Waals surface area contributed by atoms with Crippen LogP contribution in [0.1, 0.15) is 45.1 Å². The van der Waals surface area contributed by atoms with Crippen LogP contribution in [0.25, 0.3) is 0 Å². The lowest BCUT2D eigenvalue weighted by atomic mass is 9.84. The monoisotopic (exact) mass is 430 g/mol. The fourth-order valence-corrected chi connectivity index (χ4v) is 5.61. The fraction of sp³-hybridized carbons (Fsp3) is 0.308. The Morgan fingerprint density at radius 3 is 2.48 bits per heavy atom. The van der Waals surface area contributed by atoms with E-state index in [1.165, 1.54) is 28.0 Å². The lowest BCUT2D eigenvalue weighted by Gasteiger charge is -2.39. The van der Waals surface area contributed by atoms with Gasteiger partial charge in [0, 0.05) is 32.1 Å². The summed E-state index contributed by atoms with van der Waals surface area (Å²) in [5.41, 5.74) is 3.78. The predicted octanol–water partition coefficient (Wildman–Crippen LogP) is 4.77. The largest absolute Gasteiger partial charge is 0.337 e. The molecule has 31 heavy (non-hydrogen) atoms. The number of amides is 2. The van der Waals surface area contributed by atoms with Crippen LogP contribution in [0.15, 0.2) is 72.1 Å². The molecule has 158 valence electrons. The van der Waals surface area contributed by atoms with Crippen LogP contribution in [0.4, 0.5) is 0 Å². The molecule has 0 bridgehead atoms. The van der Waals surface area contributed by atoms with Crippen molar-refractivity contribution in [1.29, 1.82) is 0 Å². The Labute approximate surface area is 187 Å². The molecule has 3 aromatic rings. The van der Waals surface area contributed by atoms with Crippen LogP contribution in [0.5, 0.6) is 0 Å². The van der Waals surface area contributed by atoms with E-state index < -0.39 is 0 Å². The number of carbonyl (C=O) groups excluding carboxylic acids is 2. The first-order valence-electron chi connectivity index (χ1n) is 10.9. The van der Waals surface area contributed by atoms with E-state index in [0.717, 1.165) is 24.3 Å². The second-order valence-electron chi connectivity index (χ2n) is 8.45. The third kappa shape index (κ3) is 4.02. The second-order valence-corrected chi connectivity index (χ2v) is 9.40. The lowest BCUT2D eigenvalue weighted by molar-refractivity contribution is -0.138. The molecule has 1 saturated heterocycles. The molecule has 5 rings (SSSR count). The Kier molecular flexibility index (Phi) is 5.60. The molecule has 0 radical (unpaired) electrons. The highest BCUT2D eigenvalue weighted by Gasteiger charge is 2.35. The van der Waals surface area contributed by atoms with E-state index in [2.05, 4.69) is 48.5 Å². The van der Waals surface area contributed by atoms with Crippen LogP contribution in [0.3, 0.4) is 0 Å². The molecule has 2 aliphatic rings. The highest BCUT2D eigenvalue weighted by molar-refractivity contribution is 7.12. The van der Waals surface area contributed by atoms with Gasteiger partial charge in [-0.1, -0.05) is 60.7 Å². The predicted molar refractivity (Wildman–Crippen MR) is 123 cm³/mol. The molecule has 5 heteroatoms. The van der Waals surface area contributed by atoms with Crippen molar-refractivity contribution in [3.05, 3.63) is 93.7 Å². The van der Waals surface area contributed by atoms with Gasteiger partial charge in [-0.2, -0.15) is 0 Å². The van der Waals surface area contributed by atoms with Crippen molar-refractivity contribution in [3.8, 4) is 0 Å².